The third-order valence-electron chi connectivity index (χ3n) is 1.77. The number of carbonyl (C=O) groups excluding carboxylic acids is 1. The molecule has 0 aliphatic carbocycles. The summed E-state index contributed by atoms with van der Waals surface area (Å²) in [6, 6.07) is -0.0856. The van der Waals surface area contributed by atoms with Crippen LogP contribution in [0.4, 0.5) is 0 Å². The Morgan fingerprint density at radius 1 is 1.69 bits per heavy atom. The Labute approximate surface area is 83.6 Å². The molecule has 0 spiro atoms. The van der Waals surface area contributed by atoms with Crippen molar-refractivity contribution in [2.45, 2.75) is 19.9 Å². The third kappa shape index (κ3) is 4.00. The quantitative estimate of drug-likeness (QED) is 0.691. The van der Waals surface area contributed by atoms with E-state index in [-0.39, 0.29) is 12.0 Å². The number of carbonyl (C=O) groups is 1. The summed E-state index contributed by atoms with van der Waals surface area (Å²) < 4.78 is 5.13. The monoisotopic (exact) mass is 203 g/mol. The average molecular weight is 203 g/mol. The van der Waals surface area contributed by atoms with Gasteiger partial charge in [0.15, 0.2) is 0 Å². The molecule has 1 fully saturated rings. The Bertz CT molecular complexity index is 167. The van der Waals surface area contributed by atoms with E-state index in [0.29, 0.717) is 12.5 Å². The average Bonchev–Trinajstić information content (AvgIpc) is 2.15. The number of hydrogen-bond acceptors (Lipinski definition) is 4. The SMILES string of the molecule is CC(C)COC(=O)C1CSCCN1. The number of thioether (sulfide) groups is 1. The second-order valence-corrected chi connectivity index (χ2v) is 4.76. The Kier molecular flexibility index (Phi) is 4.59. The molecule has 4 heteroatoms. The lowest BCUT2D eigenvalue weighted by molar-refractivity contribution is -0.146. The van der Waals surface area contributed by atoms with E-state index >= 15 is 0 Å². The van der Waals surface area contributed by atoms with E-state index in [2.05, 4.69) is 5.32 Å². The number of rotatable bonds is 3. The van der Waals surface area contributed by atoms with E-state index < -0.39 is 0 Å². The largest absolute Gasteiger partial charge is 0.464 e. The Hall–Kier alpha value is -0.220. The molecule has 0 bridgehead atoms. The fourth-order valence-corrected chi connectivity index (χ4v) is 1.98. The van der Waals surface area contributed by atoms with Crippen molar-refractivity contribution in [1.82, 2.24) is 5.32 Å². The van der Waals surface area contributed by atoms with Gasteiger partial charge in [0.25, 0.3) is 0 Å². The van der Waals surface area contributed by atoms with Gasteiger partial charge in [-0.25, -0.2) is 0 Å². The minimum atomic E-state index is -0.0964. The van der Waals surface area contributed by atoms with Gasteiger partial charge < -0.3 is 10.1 Å². The van der Waals surface area contributed by atoms with Crippen molar-refractivity contribution >= 4 is 17.7 Å². The molecule has 0 aromatic heterocycles. The summed E-state index contributed by atoms with van der Waals surface area (Å²) in [5.74, 6) is 2.26. The van der Waals surface area contributed by atoms with E-state index in [0.717, 1.165) is 18.1 Å². The first-order valence-electron chi connectivity index (χ1n) is 4.68. The van der Waals surface area contributed by atoms with Gasteiger partial charge in [0, 0.05) is 18.1 Å². The van der Waals surface area contributed by atoms with Crippen molar-refractivity contribution < 1.29 is 9.53 Å². The molecule has 0 aromatic rings. The van der Waals surface area contributed by atoms with Crippen molar-refractivity contribution in [2.75, 3.05) is 24.7 Å². The lowest BCUT2D eigenvalue weighted by Crippen LogP contribution is -2.44. The lowest BCUT2D eigenvalue weighted by Gasteiger charge is -2.21. The van der Waals surface area contributed by atoms with Crippen LogP contribution in [0.1, 0.15) is 13.8 Å². The molecule has 0 radical (unpaired) electrons. The third-order valence-corrected chi connectivity index (χ3v) is 2.83. The van der Waals surface area contributed by atoms with Crippen LogP contribution < -0.4 is 5.32 Å². The maximum Gasteiger partial charge on any atom is 0.324 e. The van der Waals surface area contributed by atoms with Gasteiger partial charge in [-0.05, 0) is 5.92 Å². The standard InChI is InChI=1S/C9H17NO2S/c1-7(2)5-12-9(11)8-6-13-4-3-10-8/h7-8,10H,3-6H2,1-2H3. The van der Waals surface area contributed by atoms with Gasteiger partial charge in [-0.15, -0.1) is 0 Å². The fourth-order valence-electron chi connectivity index (χ4n) is 1.07. The second kappa shape index (κ2) is 5.50. The maximum atomic E-state index is 11.4. The minimum Gasteiger partial charge on any atom is -0.464 e. The van der Waals surface area contributed by atoms with Gasteiger partial charge in [0.2, 0.25) is 0 Å². The molecule has 13 heavy (non-hydrogen) atoms. The van der Waals surface area contributed by atoms with Crippen LogP contribution in [0.25, 0.3) is 0 Å². The van der Waals surface area contributed by atoms with Crippen molar-refractivity contribution in [2.24, 2.45) is 5.92 Å². The maximum absolute atomic E-state index is 11.4. The molecule has 76 valence electrons. The first-order chi connectivity index (χ1) is 6.20. The van der Waals surface area contributed by atoms with Gasteiger partial charge >= 0.3 is 5.97 Å². The molecule has 1 heterocycles. The van der Waals surface area contributed by atoms with Crippen LogP contribution in [0.2, 0.25) is 0 Å². The summed E-state index contributed by atoms with van der Waals surface area (Å²) in [4.78, 5) is 11.4. The Morgan fingerprint density at radius 2 is 2.46 bits per heavy atom. The molecule has 0 amide bonds. The summed E-state index contributed by atoms with van der Waals surface area (Å²) in [6.45, 7) is 5.51. The van der Waals surface area contributed by atoms with E-state index in [1.54, 1.807) is 11.8 Å². The van der Waals surface area contributed by atoms with Crippen LogP contribution in [-0.2, 0) is 9.53 Å². The first-order valence-corrected chi connectivity index (χ1v) is 5.83. The van der Waals surface area contributed by atoms with Crippen LogP contribution in [0.15, 0.2) is 0 Å². The van der Waals surface area contributed by atoms with Crippen LogP contribution in [0, 0.1) is 5.92 Å². The molecular formula is C9H17NO2S. The van der Waals surface area contributed by atoms with E-state index in [9.17, 15) is 4.79 Å². The molecule has 1 unspecified atom stereocenters. The normalized spacial score (nSPS) is 23.2. The number of ether oxygens (including phenoxy) is 1. The second-order valence-electron chi connectivity index (χ2n) is 3.61. The molecule has 1 atom stereocenters. The lowest BCUT2D eigenvalue weighted by atomic mass is 10.2. The molecule has 1 rings (SSSR count). The topological polar surface area (TPSA) is 38.3 Å². The highest BCUT2D eigenvalue weighted by molar-refractivity contribution is 7.99. The smallest absolute Gasteiger partial charge is 0.324 e. The molecule has 1 aliphatic rings. The summed E-state index contributed by atoms with van der Waals surface area (Å²) in [6.07, 6.45) is 0. The summed E-state index contributed by atoms with van der Waals surface area (Å²) >= 11 is 1.80. The Balaban J connectivity index is 2.21. The van der Waals surface area contributed by atoms with Crippen LogP contribution in [0.5, 0.6) is 0 Å². The van der Waals surface area contributed by atoms with Crippen molar-refractivity contribution in [3.63, 3.8) is 0 Å². The zero-order valence-corrected chi connectivity index (χ0v) is 9.02. The zero-order chi connectivity index (χ0) is 9.68. The van der Waals surface area contributed by atoms with Crippen LogP contribution in [-0.4, -0.2) is 36.7 Å². The molecule has 0 aromatic carbocycles. The van der Waals surface area contributed by atoms with E-state index in [4.69, 9.17) is 4.74 Å². The van der Waals surface area contributed by atoms with Crippen molar-refractivity contribution in [1.29, 1.82) is 0 Å². The van der Waals surface area contributed by atoms with Gasteiger partial charge in [-0.2, -0.15) is 11.8 Å². The van der Waals surface area contributed by atoms with Crippen molar-refractivity contribution in [3.8, 4) is 0 Å². The molecule has 1 saturated heterocycles. The number of nitrogens with one attached hydrogen (secondary N) is 1. The minimum absolute atomic E-state index is 0.0856. The van der Waals surface area contributed by atoms with Crippen LogP contribution in [0.3, 0.4) is 0 Å². The van der Waals surface area contributed by atoms with Gasteiger partial charge in [0.05, 0.1) is 6.61 Å². The fraction of sp³-hybridized carbons (Fsp3) is 0.889. The van der Waals surface area contributed by atoms with Gasteiger partial charge in [0.1, 0.15) is 6.04 Å². The predicted molar refractivity (Wildman–Crippen MR) is 54.9 cm³/mol. The highest BCUT2D eigenvalue weighted by Gasteiger charge is 2.22. The van der Waals surface area contributed by atoms with Gasteiger partial charge in [-0.1, -0.05) is 13.8 Å². The summed E-state index contributed by atoms with van der Waals surface area (Å²) in [7, 11) is 0. The first kappa shape index (κ1) is 10.9. The Morgan fingerprint density at radius 3 is 3.00 bits per heavy atom. The van der Waals surface area contributed by atoms with Gasteiger partial charge in [-0.3, -0.25) is 4.79 Å². The number of esters is 1. The zero-order valence-electron chi connectivity index (χ0n) is 8.21. The molecule has 3 nitrogen and oxygen atoms in total. The predicted octanol–water partition coefficient (Wildman–Crippen LogP) is 0.891. The molecule has 1 N–H and O–H groups in total. The van der Waals surface area contributed by atoms with E-state index in [1.165, 1.54) is 0 Å². The van der Waals surface area contributed by atoms with Crippen LogP contribution >= 0.6 is 11.8 Å². The summed E-state index contributed by atoms with van der Waals surface area (Å²) in [5, 5.41) is 3.15. The molecule has 0 saturated carbocycles. The highest BCUT2D eigenvalue weighted by atomic mass is 32.2. The number of hydrogen-bond donors (Lipinski definition) is 1. The molecule has 1 aliphatic heterocycles. The molecular weight excluding hydrogens is 186 g/mol. The van der Waals surface area contributed by atoms with Crippen molar-refractivity contribution in [3.05, 3.63) is 0 Å². The highest BCUT2D eigenvalue weighted by Crippen LogP contribution is 2.09. The van der Waals surface area contributed by atoms with E-state index in [1.807, 2.05) is 13.8 Å². The summed E-state index contributed by atoms with van der Waals surface area (Å²) in [5.41, 5.74) is 0.